The van der Waals surface area contributed by atoms with Crippen LogP contribution in [0.1, 0.15) is 62.3 Å². The molecule has 326 valence electrons. The van der Waals surface area contributed by atoms with Crippen LogP contribution in [-0.2, 0) is 19.6 Å². The number of piperazine rings is 1. The number of carboxylic acids is 1. The molecule has 4 amide bonds. The second-order valence-corrected chi connectivity index (χ2v) is 17.6. The second-order valence-electron chi connectivity index (χ2n) is 16.0. The second kappa shape index (κ2) is 18.4. The maximum atomic E-state index is 13.5. The molecule has 0 aromatic heterocycles. The van der Waals surface area contributed by atoms with Gasteiger partial charge in [-0.15, -0.1) is 0 Å². The Morgan fingerprint density at radius 1 is 0.794 bits per heavy atom. The Kier molecular flexibility index (Phi) is 12.6. The van der Waals surface area contributed by atoms with E-state index >= 15 is 0 Å². The van der Waals surface area contributed by atoms with Crippen LogP contribution in [0.3, 0.4) is 0 Å². The summed E-state index contributed by atoms with van der Waals surface area (Å²) >= 11 is 0. The first kappa shape index (κ1) is 43.0. The standard InChI is InChI=1S/C47H48N6O9S/c1-30-11-17-35(36-8-3-2-7-34(30)36)31-12-18-37(47(58)59)40(29-31)50-63(60,61)33-15-13-32(14-16-33)62-28-6-23-52-26-24-51(25-27-52)22-5-21-48-39-10-4-9-38-43(39)46(57)53(45(38)56)41-19-20-42(54)49-44(41)55/h2-4,7-18,29,41,48,50H,5-6,19-28H2,1H3,(H,58,59)(H,49,54,55). The number of fused-ring (bicyclic) bond motifs is 2. The zero-order valence-electron chi connectivity index (χ0n) is 34.8. The highest BCUT2D eigenvalue weighted by Gasteiger charge is 2.45. The van der Waals surface area contributed by atoms with Gasteiger partial charge in [0.05, 0.1) is 33.9 Å². The van der Waals surface area contributed by atoms with Gasteiger partial charge in [-0.2, -0.15) is 0 Å². The van der Waals surface area contributed by atoms with Crippen LogP contribution in [0.4, 0.5) is 11.4 Å². The number of carbonyl (C=O) groups is 5. The molecule has 15 nitrogen and oxygen atoms in total. The van der Waals surface area contributed by atoms with Gasteiger partial charge in [-0.25, -0.2) is 13.2 Å². The molecule has 0 aliphatic carbocycles. The Balaban J connectivity index is 0.767. The van der Waals surface area contributed by atoms with Crippen molar-refractivity contribution in [2.45, 2.75) is 43.5 Å². The summed E-state index contributed by atoms with van der Waals surface area (Å²) in [5, 5.41) is 17.5. The minimum atomic E-state index is -4.14. The molecule has 4 N–H and O–H groups in total. The number of benzene rings is 5. The number of imide groups is 2. The molecular weight excluding hydrogens is 825 g/mol. The molecule has 0 saturated carbocycles. The number of amides is 4. The van der Waals surface area contributed by atoms with Crippen LogP contribution in [-0.4, -0.2) is 116 Å². The number of rotatable bonds is 16. The number of nitrogens with zero attached hydrogens (tertiary/aromatic N) is 3. The molecule has 0 bridgehead atoms. The number of carbonyl (C=O) groups excluding carboxylic acids is 4. The summed E-state index contributed by atoms with van der Waals surface area (Å²) in [7, 11) is -4.14. The Hall–Kier alpha value is -6.62. The van der Waals surface area contributed by atoms with Gasteiger partial charge < -0.3 is 25.0 Å². The zero-order valence-corrected chi connectivity index (χ0v) is 35.6. The molecule has 63 heavy (non-hydrogen) atoms. The minimum absolute atomic E-state index is 0.0282. The lowest BCUT2D eigenvalue weighted by atomic mass is 9.94. The van der Waals surface area contributed by atoms with Gasteiger partial charge in [-0.05, 0) is 109 Å². The molecule has 3 heterocycles. The van der Waals surface area contributed by atoms with E-state index in [1.165, 1.54) is 18.2 Å². The van der Waals surface area contributed by atoms with Crippen LogP contribution in [0.5, 0.6) is 5.75 Å². The van der Waals surface area contributed by atoms with Crippen molar-refractivity contribution in [2.24, 2.45) is 0 Å². The summed E-state index contributed by atoms with van der Waals surface area (Å²) in [4.78, 5) is 68.4. The largest absolute Gasteiger partial charge is 0.494 e. The van der Waals surface area contributed by atoms with E-state index in [0.717, 1.165) is 78.9 Å². The van der Waals surface area contributed by atoms with Gasteiger partial charge in [0.2, 0.25) is 11.8 Å². The average Bonchev–Trinajstić information content (AvgIpc) is 3.53. The van der Waals surface area contributed by atoms with Gasteiger partial charge >= 0.3 is 5.97 Å². The number of hydrogen-bond donors (Lipinski definition) is 4. The van der Waals surface area contributed by atoms with E-state index in [0.29, 0.717) is 30.2 Å². The molecule has 1 unspecified atom stereocenters. The monoisotopic (exact) mass is 872 g/mol. The summed E-state index contributed by atoms with van der Waals surface area (Å²) in [6, 6.07) is 26.6. The van der Waals surface area contributed by atoms with Gasteiger partial charge in [0.25, 0.3) is 21.8 Å². The molecular formula is C47H48N6O9S. The third-order valence-corrected chi connectivity index (χ3v) is 13.2. The highest BCUT2D eigenvalue weighted by atomic mass is 32.2. The number of carboxylic acid groups (broad SMARTS) is 1. The van der Waals surface area contributed by atoms with Crippen molar-refractivity contribution in [1.82, 2.24) is 20.0 Å². The number of hydrogen-bond acceptors (Lipinski definition) is 11. The van der Waals surface area contributed by atoms with E-state index in [1.54, 1.807) is 42.5 Å². The van der Waals surface area contributed by atoms with Crippen molar-refractivity contribution in [3.8, 4) is 16.9 Å². The van der Waals surface area contributed by atoms with Crippen molar-refractivity contribution in [3.05, 3.63) is 119 Å². The normalized spacial score (nSPS) is 17.2. The van der Waals surface area contributed by atoms with E-state index < -0.39 is 45.7 Å². The van der Waals surface area contributed by atoms with E-state index in [1.807, 2.05) is 43.3 Å². The van der Waals surface area contributed by atoms with Gasteiger partial charge in [0.1, 0.15) is 11.8 Å². The van der Waals surface area contributed by atoms with Gasteiger partial charge in [-0.1, -0.05) is 48.5 Å². The summed E-state index contributed by atoms with van der Waals surface area (Å²) in [5.74, 6) is -2.84. The number of ether oxygens (including phenoxy) is 1. The van der Waals surface area contributed by atoms with Crippen molar-refractivity contribution in [3.63, 3.8) is 0 Å². The first-order valence-corrected chi connectivity index (χ1v) is 22.5. The summed E-state index contributed by atoms with van der Waals surface area (Å²) in [6.45, 7) is 8.36. The third-order valence-electron chi connectivity index (χ3n) is 11.9. The molecule has 3 aliphatic rings. The van der Waals surface area contributed by atoms with Crippen molar-refractivity contribution >= 4 is 61.8 Å². The Morgan fingerprint density at radius 3 is 2.22 bits per heavy atom. The summed E-state index contributed by atoms with van der Waals surface area (Å²) in [6.07, 6.45) is 1.77. The highest BCUT2D eigenvalue weighted by Crippen LogP contribution is 2.35. The third kappa shape index (κ3) is 9.28. The topological polar surface area (TPSA) is 195 Å². The van der Waals surface area contributed by atoms with Crippen LogP contribution in [0.25, 0.3) is 21.9 Å². The van der Waals surface area contributed by atoms with E-state index in [-0.39, 0.29) is 40.1 Å². The maximum Gasteiger partial charge on any atom is 0.337 e. The lowest BCUT2D eigenvalue weighted by molar-refractivity contribution is -0.136. The lowest BCUT2D eigenvalue weighted by Gasteiger charge is -2.34. The Labute approximate surface area is 365 Å². The van der Waals surface area contributed by atoms with Crippen LogP contribution < -0.4 is 20.1 Å². The molecule has 2 fully saturated rings. The average molecular weight is 873 g/mol. The first-order chi connectivity index (χ1) is 30.4. The summed E-state index contributed by atoms with van der Waals surface area (Å²) in [5.41, 5.74) is 3.49. The van der Waals surface area contributed by atoms with Crippen molar-refractivity contribution < 1.29 is 42.2 Å². The molecule has 0 spiro atoms. The fourth-order valence-corrected chi connectivity index (χ4v) is 9.58. The highest BCUT2D eigenvalue weighted by molar-refractivity contribution is 7.92. The van der Waals surface area contributed by atoms with Crippen molar-refractivity contribution in [1.29, 1.82) is 0 Å². The molecule has 1 atom stereocenters. The molecule has 8 rings (SSSR count). The first-order valence-electron chi connectivity index (χ1n) is 21.0. The molecule has 0 radical (unpaired) electrons. The molecule has 5 aromatic rings. The fraction of sp³-hybridized carbons (Fsp3) is 0.298. The number of aromatic carboxylic acids is 1. The minimum Gasteiger partial charge on any atom is -0.494 e. The Bertz CT molecular complexity index is 2720. The van der Waals surface area contributed by atoms with Crippen LogP contribution in [0.2, 0.25) is 0 Å². The van der Waals surface area contributed by atoms with Gasteiger partial charge in [-0.3, -0.25) is 34.1 Å². The number of sulfonamides is 1. The quantitative estimate of drug-likeness (QED) is 0.0709. The van der Waals surface area contributed by atoms with Gasteiger partial charge in [0.15, 0.2) is 0 Å². The van der Waals surface area contributed by atoms with Crippen LogP contribution >= 0.6 is 0 Å². The fourth-order valence-electron chi connectivity index (χ4n) is 8.51. The predicted molar refractivity (Wildman–Crippen MR) is 238 cm³/mol. The maximum absolute atomic E-state index is 13.5. The predicted octanol–water partition coefficient (Wildman–Crippen LogP) is 5.60. The zero-order chi connectivity index (χ0) is 44.3. The smallest absolute Gasteiger partial charge is 0.337 e. The molecule has 16 heteroatoms. The number of nitrogens with one attached hydrogen (secondary N) is 3. The number of anilines is 2. The van der Waals surface area contributed by atoms with E-state index in [4.69, 9.17) is 4.74 Å². The summed E-state index contributed by atoms with van der Waals surface area (Å²) < 4.78 is 35.5. The SMILES string of the molecule is Cc1ccc(-c2ccc(C(=O)O)c(NS(=O)(=O)c3ccc(OCCCN4CCN(CCCNc5cccc6c5C(=O)N(C5CCC(=O)NC5=O)C6=O)CC4)cc3)c2)c2ccccc12. The van der Waals surface area contributed by atoms with Crippen LogP contribution in [0, 0.1) is 6.92 Å². The lowest BCUT2D eigenvalue weighted by Crippen LogP contribution is -2.54. The number of aryl methyl sites for hydroxylation is 1. The molecule has 3 aliphatic heterocycles. The Morgan fingerprint density at radius 2 is 1.51 bits per heavy atom. The van der Waals surface area contributed by atoms with Gasteiger partial charge in [0, 0.05) is 51.4 Å². The van der Waals surface area contributed by atoms with E-state index in [9.17, 15) is 37.5 Å². The molecule has 5 aromatic carbocycles. The van der Waals surface area contributed by atoms with Crippen LogP contribution in [0.15, 0.2) is 102 Å². The van der Waals surface area contributed by atoms with Crippen molar-refractivity contribution in [2.75, 3.05) is 62.5 Å². The van der Waals surface area contributed by atoms with E-state index in [2.05, 4.69) is 25.2 Å². The number of piperidine rings is 1. The molecule has 2 saturated heterocycles.